The molecule has 158 valence electrons. The van der Waals surface area contributed by atoms with Gasteiger partial charge in [0.05, 0.1) is 12.7 Å². The number of carbonyl (C=O) groups is 3. The molecular weight excluding hydrogens is 392 g/mol. The molecule has 0 saturated heterocycles. The maximum absolute atomic E-state index is 12.5. The Bertz CT molecular complexity index is 913. The maximum atomic E-state index is 12.5. The van der Waals surface area contributed by atoms with Crippen LogP contribution in [0.2, 0.25) is 0 Å². The van der Waals surface area contributed by atoms with Crippen LogP contribution in [0.25, 0.3) is 0 Å². The highest BCUT2D eigenvalue weighted by atomic mass is 16.6. The monoisotopic (exact) mass is 414 g/mol. The summed E-state index contributed by atoms with van der Waals surface area (Å²) in [5, 5.41) is 4.70. The van der Waals surface area contributed by atoms with E-state index in [1.165, 1.54) is 26.2 Å². The summed E-state index contributed by atoms with van der Waals surface area (Å²) in [7, 11) is 1.44. The summed E-state index contributed by atoms with van der Waals surface area (Å²) >= 11 is 0. The Kier molecular flexibility index (Phi) is 6.74. The molecule has 0 spiro atoms. The average Bonchev–Trinajstić information content (AvgIpc) is 2.77. The van der Waals surface area contributed by atoms with Crippen molar-refractivity contribution < 1.29 is 33.3 Å². The van der Waals surface area contributed by atoms with Gasteiger partial charge < -0.3 is 24.3 Å². The van der Waals surface area contributed by atoms with Gasteiger partial charge in [-0.3, -0.25) is 10.1 Å². The molecule has 0 aromatic heterocycles. The van der Waals surface area contributed by atoms with Crippen molar-refractivity contribution in [1.29, 1.82) is 0 Å². The summed E-state index contributed by atoms with van der Waals surface area (Å²) in [6, 6.07) is 11.4. The molecule has 30 heavy (non-hydrogen) atoms. The van der Waals surface area contributed by atoms with E-state index in [4.69, 9.17) is 18.9 Å². The third-order valence-electron chi connectivity index (χ3n) is 4.25. The predicted octanol–water partition coefficient (Wildman–Crippen LogP) is 2.04. The number of esters is 1. The lowest BCUT2D eigenvalue weighted by Crippen LogP contribution is -2.44. The smallest absolute Gasteiger partial charge is 0.339 e. The molecule has 2 aromatic rings. The number of rotatable bonds is 6. The number of hydrogen-bond acceptors (Lipinski definition) is 7. The Morgan fingerprint density at radius 3 is 2.57 bits per heavy atom. The first-order valence-corrected chi connectivity index (χ1v) is 9.29. The van der Waals surface area contributed by atoms with Gasteiger partial charge in [-0.25, -0.2) is 9.59 Å². The Morgan fingerprint density at radius 1 is 1.10 bits per heavy atom. The molecule has 2 aromatic carbocycles. The summed E-state index contributed by atoms with van der Waals surface area (Å²) < 4.78 is 21.4. The predicted molar refractivity (Wildman–Crippen MR) is 106 cm³/mol. The molecule has 0 aliphatic carbocycles. The van der Waals surface area contributed by atoms with Crippen LogP contribution in [0.15, 0.2) is 42.5 Å². The molecule has 1 aliphatic heterocycles. The van der Waals surface area contributed by atoms with E-state index >= 15 is 0 Å². The summed E-state index contributed by atoms with van der Waals surface area (Å²) in [5.74, 6) is -0.446. The number of ether oxygens (including phenoxy) is 4. The molecular formula is C21H22N2O7. The van der Waals surface area contributed by atoms with Crippen LogP contribution >= 0.6 is 0 Å². The number of nitrogens with one attached hydrogen (secondary N) is 2. The molecule has 9 nitrogen and oxygen atoms in total. The average molecular weight is 414 g/mol. The van der Waals surface area contributed by atoms with Gasteiger partial charge >= 0.3 is 12.0 Å². The normalized spacial score (nSPS) is 13.0. The van der Waals surface area contributed by atoms with Gasteiger partial charge in [-0.1, -0.05) is 30.3 Å². The Balaban J connectivity index is 1.55. The molecule has 3 rings (SSSR count). The van der Waals surface area contributed by atoms with E-state index in [0.29, 0.717) is 30.5 Å². The van der Waals surface area contributed by atoms with Gasteiger partial charge in [0.1, 0.15) is 13.2 Å². The van der Waals surface area contributed by atoms with E-state index < -0.39 is 24.0 Å². The van der Waals surface area contributed by atoms with Crippen molar-refractivity contribution >= 4 is 17.9 Å². The first-order valence-electron chi connectivity index (χ1n) is 9.29. The number of imide groups is 1. The number of amides is 3. The number of methoxy groups -OCH3 is 1. The van der Waals surface area contributed by atoms with Crippen molar-refractivity contribution in [2.45, 2.75) is 19.6 Å². The van der Waals surface area contributed by atoms with Crippen LogP contribution in [0.4, 0.5) is 4.79 Å². The van der Waals surface area contributed by atoms with Gasteiger partial charge in [0.15, 0.2) is 17.6 Å². The third kappa shape index (κ3) is 5.19. The summed E-state index contributed by atoms with van der Waals surface area (Å²) in [4.78, 5) is 36.5. The van der Waals surface area contributed by atoms with Crippen molar-refractivity contribution in [2.75, 3.05) is 20.3 Å². The minimum atomic E-state index is -1.20. The van der Waals surface area contributed by atoms with Gasteiger partial charge in [-0.05, 0) is 24.6 Å². The molecule has 0 radical (unpaired) electrons. The molecule has 0 unspecified atom stereocenters. The maximum Gasteiger partial charge on any atom is 0.339 e. The molecule has 9 heteroatoms. The lowest BCUT2D eigenvalue weighted by Gasteiger charge is -2.21. The fraction of sp³-hybridized carbons (Fsp3) is 0.286. The quantitative estimate of drug-likeness (QED) is 0.696. The van der Waals surface area contributed by atoms with Crippen LogP contribution in [0.1, 0.15) is 22.8 Å². The van der Waals surface area contributed by atoms with Crippen molar-refractivity contribution in [2.24, 2.45) is 0 Å². The second-order valence-electron chi connectivity index (χ2n) is 6.41. The highest BCUT2D eigenvalue weighted by Gasteiger charge is 2.25. The molecule has 3 amide bonds. The Labute approximate surface area is 173 Å². The van der Waals surface area contributed by atoms with Gasteiger partial charge in [0, 0.05) is 6.54 Å². The lowest BCUT2D eigenvalue weighted by atomic mass is 10.1. The molecule has 1 heterocycles. The van der Waals surface area contributed by atoms with E-state index in [2.05, 4.69) is 10.6 Å². The van der Waals surface area contributed by atoms with Gasteiger partial charge in [-0.15, -0.1) is 0 Å². The van der Waals surface area contributed by atoms with Crippen LogP contribution < -0.4 is 24.8 Å². The minimum absolute atomic E-state index is 0.129. The standard InChI is InChI=1S/C21H22N2O7/c1-13(19(24)23-21(26)22-12-14-6-4-3-5-7-14)30-20(25)15-10-16(27-2)18-17(11-15)28-8-9-29-18/h3-7,10-11,13H,8-9,12H2,1-2H3,(H2,22,23,24,26)/t13-/m0/s1. The summed E-state index contributed by atoms with van der Waals surface area (Å²) in [6.45, 7) is 2.33. The van der Waals surface area contributed by atoms with Crippen molar-refractivity contribution in [1.82, 2.24) is 10.6 Å². The fourth-order valence-corrected chi connectivity index (χ4v) is 2.71. The number of urea groups is 1. The zero-order valence-corrected chi connectivity index (χ0v) is 16.6. The topological polar surface area (TPSA) is 112 Å². The number of fused-ring (bicyclic) bond motifs is 1. The first kappa shape index (κ1) is 21.0. The number of benzene rings is 2. The molecule has 0 saturated carbocycles. The van der Waals surface area contributed by atoms with E-state index in [1.807, 2.05) is 30.3 Å². The fourth-order valence-electron chi connectivity index (χ4n) is 2.71. The highest BCUT2D eigenvalue weighted by Crippen LogP contribution is 2.40. The SMILES string of the molecule is COc1cc(C(=O)O[C@@H](C)C(=O)NC(=O)NCc2ccccc2)cc2c1OCCO2. The first-order chi connectivity index (χ1) is 14.5. The van der Waals surface area contributed by atoms with Crippen molar-refractivity contribution in [3.63, 3.8) is 0 Å². The molecule has 0 bridgehead atoms. The minimum Gasteiger partial charge on any atom is -0.493 e. The van der Waals surface area contributed by atoms with E-state index in [1.54, 1.807) is 0 Å². The van der Waals surface area contributed by atoms with Crippen molar-refractivity contribution in [3.05, 3.63) is 53.6 Å². The van der Waals surface area contributed by atoms with Crippen LogP contribution in [-0.4, -0.2) is 44.3 Å². The van der Waals surface area contributed by atoms with Gasteiger partial charge in [-0.2, -0.15) is 0 Å². The Hall–Kier alpha value is -3.75. The zero-order chi connectivity index (χ0) is 21.5. The van der Waals surface area contributed by atoms with Crippen LogP contribution in [0.3, 0.4) is 0 Å². The highest BCUT2D eigenvalue weighted by molar-refractivity contribution is 5.98. The van der Waals surface area contributed by atoms with Crippen LogP contribution in [-0.2, 0) is 16.1 Å². The zero-order valence-electron chi connectivity index (χ0n) is 16.6. The van der Waals surface area contributed by atoms with Crippen LogP contribution in [0.5, 0.6) is 17.2 Å². The molecule has 2 N–H and O–H groups in total. The number of hydrogen-bond donors (Lipinski definition) is 2. The summed E-state index contributed by atoms with van der Waals surface area (Å²) in [6.07, 6.45) is -1.20. The van der Waals surface area contributed by atoms with E-state index in [0.717, 1.165) is 5.56 Å². The largest absolute Gasteiger partial charge is 0.493 e. The Morgan fingerprint density at radius 2 is 1.83 bits per heavy atom. The molecule has 1 atom stereocenters. The number of carbonyl (C=O) groups excluding carboxylic acids is 3. The van der Waals surface area contributed by atoms with Crippen molar-refractivity contribution in [3.8, 4) is 17.2 Å². The summed E-state index contributed by atoms with van der Waals surface area (Å²) in [5.41, 5.74) is 1.01. The lowest BCUT2D eigenvalue weighted by molar-refractivity contribution is -0.127. The van der Waals surface area contributed by atoms with Crippen LogP contribution in [0, 0.1) is 0 Å². The van der Waals surface area contributed by atoms with E-state index in [9.17, 15) is 14.4 Å². The third-order valence-corrected chi connectivity index (χ3v) is 4.25. The second-order valence-corrected chi connectivity index (χ2v) is 6.41. The van der Waals surface area contributed by atoms with Gasteiger partial charge in [0.25, 0.3) is 5.91 Å². The molecule has 1 aliphatic rings. The second kappa shape index (κ2) is 9.64. The molecule has 0 fully saturated rings. The van der Waals surface area contributed by atoms with Gasteiger partial charge in [0.2, 0.25) is 5.75 Å². The van der Waals surface area contributed by atoms with E-state index in [-0.39, 0.29) is 12.1 Å².